The molecule has 2 saturated heterocycles. The van der Waals surface area contributed by atoms with E-state index in [0.29, 0.717) is 0 Å². The lowest BCUT2D eigenvalue weighted by Gasteiger charge is -2.09. The zero-order valence-electron chi connectivity index (χ0n) is 12.2. The SMILES string of the molecule is O=C(CCCC(=O)OCC1COC(=O)O1)OCC1COC(=O)O1. The van der Waals surface area contributed by atoms with Gasteiger partial charge in [-0.15, -0.1) is 0 Å². The van der Waals surface area contributed by atoms with E-state index >= 15 is 0 Å². The Hall–Kier alpha value is -2.52. The fourth-order valence-corrected chi connectivity index (χ4v) is 1.79. The summed E-state index contributed by atoms with van der Waals surface area (Å²) in [5.41, 5.74) is 0. The molecule has 0 spiro atoms. The van der Waals surface area contributed by atoms with Crippen molar-refractivity contribution >= 4 is 24.2 Å². The van der Waals surface area contributed by atoms with Gasteiger partial charge in [-0.25, -0.2) is 9.59 Å². The first kappa shape index (κ1) is 16.8. The quantitative estimate of drug-likeness (QED) is 0.453. The smallest absolute Gasteiger partial charge is 0.462 e. The Morgan fingerprint density at radius 1 is 0.870 bits per heavy atom. The van der Waals surface area contributed by atoms with E-state index in [-0.39, 0.29) is 45.7 Å². The van der Waals surface area contributed by atoms with Gasteiger partial charge in [0.1, 0.15) is 26.4 Å². The molecule has 2 heterocycles. The van der Waals surface area contributed by atoms with Crippen LogP contribution in [0.3, 0.4) is 0 Å². The Morgan fingerprint density at radius 3 is 1.65 bits per heavy atom. The van der Waals surface area contributed by atoms with Crippen molar-refractivity contribution in [2.24, 2.45) is 0 Å². The van der Waals surface area contributed by atoms with Crippen LogP contribution in [0.15, 0.2) is 0 Å². The zero-order chi connectivity index (χ0) is 16.7. The van der Waals surface area contributed by atoms with Crippen LogP contribution in [0.5, 0.6) is 0 Å². The first-order valence-corrected chi connectivity index (χ1v) is 7.01. The molecule has 10 nitrogen and oxygen atoms in total. The number of carbonyl (C=O) groups is 4. The lowest BCUT2D eigenvalue weighted by molar-refractivity contribution is -0.148. The minimum Gasteiger partial charge on any atom is -0.462 e. The summed E-state index contributed by atoms with van der Waals surface area (Å²) in [6.07, 6.45) is -2.45. The summed E-state index contributed by atoms with van der Waals surface area (Å²) in [6.45, 7) is -0.0636. The van der Waals surface area contributed by atoms with E-state index in [0.717, 1.165) is 0 Å². The third kappa shape index (κ3) is 6.01. The fourth-order valence-electron chi connectivity index (χ4n) is 1.79. The lowest BCUT2D eigenvalue weighted by atomic mass is 10.2. The molecule has 2 aliphatic heterocycles. The lowest BCUT2D eigenvalue weighted by Crippen LogP contribution is -2.21. The van der Waals surface area contributed by atoms with E-state index in [4.69, 9.17) is 9.47 Å². The Labute approximate surface area is 130 Å². The maximum absolute atomic E-state index is 11.4. The second-order valence-corrected chi connectivity index (χ2v) is 4.82. The molecule has 23 heavy (non-hydrogen) atoms. The number of rotatable bonds is 8. The van der Waals surface area contributed by atoms with Gasteiger partial charge in [0.15, 0.2) is 12.2 Å². The average Bonchev–Trinajstić information content (AvgIpc) is 3.11. The summed E-state index contributed by atoms with van der Waals surface area (Å²) in [7, 11) is 0. The van der Waals surface area contributed by atoms with Gasteiger partial charge in [-0.3, -0.25) is 9.59 Å². The van der Waals surface area contributed by atoms with Crippen LogP contribution < -0.4 is 0 Å². The Balaban J connectivity index is 1.48. The van der Waals surface area contributed by atoms with Crippen molar-refractivity contribution in [3.05, 3.63) is 0 Å². The molecule has 0 amide bonds. The summed E-state index contributed by atoms with van der Waals surface area (Å²) < 4.78 is 28.2. The van der Waals surface area contributed by atoms with E-state index in [1.807, 2.05) is 0 Å². The van der Waals surface area contributed by atoms with Crippen molar-refractivity contribution in [1.82, 2.24) is 0 Å². The van der Waals surface area contributed by atoms with Gasteiger partial charge in [-0.05, 0) is 6.42 Å². The number of carbonyl (C=O) groups excluding carboxylic acids is 4. The highest BCUT2D eigenvalue weighted by Gasteiger charge is 2.27. The van der Waals surface area contributed by atoms with E-state index < -0.39 is 36.5 Å². The van der Waals surface area contributed by atoms with E-state index in [2.05, 4.69) is 18.9 Å². The molecular formula is C13H16O10. The normalized spacial score (nSPS) is 22.6. The van der Waals surface area contributed by atoms with Crippen molar-refractivity contribution in [2.75, 3.05) is 26.4 Å². The molecule has 0 radical (unpaired) electrons. The van der Waals surface area contributed by atoms with E-state index in [9.17, 15) is 19.2 Å². The second kappa shape index (κ2) is 8.20. The maximum Gasteiger partial charge on any atom is 0.508 e. The third-order valence-electron chi connectivity index (χ3n) is 2.92. The zero-order valence-corrected chi connectivity index (χ0v) is 12.2. The molecule has 0 aromatic heterocycles. The molecular weight excluding hydrogens is 316 g/mol. The fraction of sp³-hybridized carbons (Fsp3) is 0.692. The Morgan fingerprint density at radius 2 is 1.30 bits per heavy atom. The molecule has 0 bridgehead atoms. The number of hydrogen-bond donors (Lipinski definition) is 0. The summed E-state index contributed by atoms with van der Waals surface area (Å²) in [6, 6.07) is 0. The molecule has 2 atom stereocenters. The number of esters is 2. The van der Waals surface area contributed by atoms with Gasteiger partial charge < -0.3 is 28.4 Å². The number of ether oxygens (including phenoxy) is 6. The van der Waals surface area contributed by atoms with Crippen molar-refractivity contribution < 1.29 is 47.6 Å². The van der Waals surface area contributed by atoms with Crippen molar-refractivity contribution in [2.45, 2.75) is 31.5 Å². The van der Waals surface area contributed by atoms with Crippen LogP contribution in [-0.4, -0.2) is 62.9 Å². The second-order valence-electron chi connectivity index (χ2n) is 4.82. The van der Waals surface area contributed by atoms with Crippen LogP contribution in [0.25, 0.3) is 0 Å². The molecule has 128 valence electrons. The highest BCUT2D eigenvalue weighted by Crippen LogP contribution is 2.09. The van der Waals surface area contributed by atoms with Crippen LogP contribution in [0.2, 0.25) is 0 Å². The number of cyclic esters (lactones) is 4. The van der Waals surface area contributed by atoms with Gasteiger partial charge in [0.05, 0.1) is 0 Å². The molecule has 2 rings (SSSR count). The highest BCUT2D eigenvalue weighted by atomic mass is 16.8. The summed E-state index contributed by atoms with van der Waals surface area (Å²) in [5.74, 6) is -1.03. The summed E-state index contributed by atoms with van der Waals surface area (Å²) in [4.78, 5) is 44.2. The Bertz CT molecular complexity index is 431. The van der Waals surface area contributed by atoms with Crippen LogP contribution in [-0.2, 0) is 38.0 Å². The predicted molar refractivity (Wildman–Crippen MR) is 68.2 cm³/mol. The minimum atomic E-state index is -0.785. The minimum absolute atomic E-state index is 0.0259. The molecule has 2 aliphatic rings. The van der Waals surface area contributed by atoms with Crippen LogP contribution in [0.4, 0.5) is 9.59 Å². The molecule has 0 aromatic carbocycles. The summed E-state index contributed by atoms with van der Waals surface area (Å²) in [5, 5.41) is 0. The first-order chi connectivity index (χ1) is 11.0. The highest BCUT2D eigenvalue weighted by molar-refractivity contribution is 5.72. The first-order valence-electron chi connectivity index (χ1n) is 7.01. The topological polar surface area (TPSA) is 124 Å². The van der Waals surface area contributed by atoms with Gasteiger partial charge in [0.2, 0.25) is 0 Å². The molecule has 2 fully saturated rings. The molecule has 0 saturated carbocycles. The van der Waals surface area contributed by atoms with Crippen LogP contribution in [0, 0.1) is 0 Å². The number of hydrogen-bond acceptors (Lipinski definition) is 10. The van der Waals surface area contributed by atoms with Crippen molar-refractivity contribution in [3.8, 4) is 0 Å². The van der Waals surface area contributed by atoms with Gasteiger partial charge in [0.25, 0.3) is 0 Å². The van der Waals surface area contributed by atoms with Crippen molar-refractivity contribution in [1.29, 1.82) is 0 Å². The standard InChI is InChI=1S/C13H16O10/c14-10(18-4-8-6-20-12(16)22-8)2-1-3-11(15)19-5-9-7-21-13(17)23-9/h8-9H,1-7H2. The molecule has 2 unspecified atom stereocenters. The molecule has 0 aromatic rings. The van der Waals surface area contributed by atoms with Crippen LogP contribution in [0.1, 0.15) is 19.3 Å². The van der Waals surface area contributed by atoms with Gasteiger partial charge >= 0.3 is 24.2 Å². The predicted octanol–water partition coefficient (Wildman–Crippen LogP) is 0.314. The largest absolute Gasteiger partial charge is 0.508 e. The summed E-state index contributed by atoms with van der Waals surface area (Å²) >= 11 is 0. The van der Waals surface area contributed by atoms with Crippen molar-refractivity contribution in [3.63, 3.8) is 0 Å². The van der Waals surface area contributed by atoms with E-state index in [1.165, 1.54) is 0 Å². The van der Waals surface area contributed by atoms with E-state index in [1.54, 1.807) is 0 Å². The maximum atomic E-state index is 11.4. The van der Waals surface area contributed by atoms with Gasteiger partial charge in [-0.1, -0.05) is 0 Å². The molecule has 10 heteroatoms. The van der Waals surface area contributed by atoms with Crippen LogP contribution >= 0.6 is 0 Å². The Kier molecular flexibility index (Phi) is 6.01. The van der Waals surface area contributed by atoms with Gasteiger partial charge in [0, 0.05) is 12.8 Å². The third-order valence-corrected chi connectivity index (χ3v) is 2.92. The average molecular weight is 332 g/mol. The molecule has 0 N–H and O–H groups in total. The monoisotopic (exact) mass is 332 g/mol. The molecule has 0 aliphatic carbocycles. The van der Waals surface area contributed by atoms with Gasteiger partial charge in [-0.2, -0.15) is 0 Å².